The quantitative estimate of drug-likeness (QED) is 0.488. The van der Waals surface area contributed by atoms with Gasteiger partial charge in [0.05, 0.1) is 11.6 Å². The first-order valence-electron chi connectivity index (χ1n) is 5.29. The summed E-state index contributed by atoms with van der Waals surface area (Å²) in [6, 6.07) is -0.690. The van der Waals surface area contributed by atoms with E-state index >= 15 is 0 Å². The Morgan fingerprint density at radius 1 is 1.44 bits per heavy atom. The maximum atomic E-state index is 11.5. The number of ketones is 2. The largest absolute Gasteiger partial charge is 0.504 e. The van der Waals surface area contributed by atoms with Crippen molar-refractivity contribution in [3.8, 4) is 0 Å². The van der Waals surface area contributed by atoms with E-state index in [9.17, 15) is 24.6 Å². The number of aliphatic hydroxyl groups excluding tert-OH is 2. The fraction of sp³-hybridized carbons (Fsp3) is 0.364. The van der Waals surface area contributed by atoms with Gasteiger partial charge in [0.25, 0.3) is 0 Å². The summed E-state index contributed by atoms with van der Waals surface area (Å²) in [6.07, 6.45) is 0.592. The van der Waals surface area contributed by atoms with Crippen molar-refractivity contribution in [3.05, 3.63) is 23.2 Å². The lowest BCUT2D eigenvalue weighted by Crippen LogP contribution is -2.39. The summed E-state index contributed by atoms with van der Waals surface area (Å²) in [7, 11) is 0. The van der Waals surface area contributed by atoms with E-state index in [0.29, 0.717) is 6.08 Å². The van der Waals surface area contributed by atoms with Crippen molar-refractivity contribution in [1.82, 2.24) is 5.32 Å². The van der Waals surface area contributed by atoms with Gasteiger partial charge in [-0.3, -0.25) is 14.4 Å². The van der Waals surface area contributed by atoms with Gasteiger partial charge in [-0.2, -0.15) is 0 Å². The van der Waals surface area contributed by atoms with Gasteiger partial charge in [0, 0.05) is 12.6 Å². The Morgan fingerprint density at radius 2 is 2.06 bits per heavy atom. The van der Waals surface area contributed by atoms with Gasteiger partial charge >= 0.3 is 0 Å². The first-order valence-corrected chi connectivity index (χ1v) is 5.29. The van der Waals surface area contributed by atoms with Gasteiger partial charge in [0.1, 0.15) is 0 Å². The van der Waals surface area contributed by atoms with E-state index in [-0.39, 0.29) is 18.5 Å². The van der Waals surface area contributed by atoms with E-state index in [1.165, 1.54) is 6.92 Å². The summed E-state index contributed by atoms with van der Waals surface area (Å²) >= 11 is 0. The first-order chi connectivity index (χ1) is 8.34. The summed E-state index contributed by atoms with van der Waals surface area (Å²) in [5.41, 5.74) is 5.09. The average molecular weight is 254 g/mol. The summed E-state index contributed by atoms with van der Waals surface area (Å²) < 4.78 is 0. The van der Waals surface area contributed by atoms with Crippen LogP contribution in [0.25, 0.3) is 0 Å². The molecule has 0 fully saturated rings. The highest BCUT2D eigenvalue weighted by molar-refractivity contribution is 6.20. The van der Waals surface area contributed by atoms with Gasteiger partial charge in [-0.05, 0) is 13.3 Å². The lowest BCUT2D eigenvalue weighted by molar-refractivity contribution is -0.122. The molecule has 0 saturated carbocycles. The normalized spacial score (nSPS) is 17.6. The van der Waals surface area contributed by atoms with E-state index in [2.05, 4.69) is 5.32 Å². The summed E-state index contributed by atoms with van der Waals surface area (Å²) in [5.74, 6) is -3.48. The Labute approximate surface area is 103 Å². The third-order valence-electron chi connectivity index (χ3n) is 2.38. The summed E-state index contributed by atoms with van der Waals surface area (Å²) in [4.78, 5) is 33.8. The van der Waals surface area contributed by atoms with E-state index in [1.807, 2.05) is 0 Å². The van der Waals surface area contributed by atoms with Crippen LogP contribution in [0.15, 0.2) is 23.2 Å². The van der Waals surface area contributed by atoms with Gasteiger partial charge in [0.15, 0.2) is 11.5 Å². The Kier molecular flexibility index (Phi) is 4.22. The van der Waals surface area contributed by atoms with Crippen LogP contribution in [0, 0.1) is 0 Å². The molecule has 7 nitrogen and oxygen atoms in total. The van der Waals surface area contributed by atoms with Gasteiger partial charge in [-0.15, -0.1) is 0 Å². The second kappa shape index (κ2) is 5.46. The van der Waals surface area contributed by atoms with Gasteiger partial charge in [-0.1, -0.05) is 0 Å². The molecule has 1 aliphatic carbocycles. The van der Waals surface area contributed by atoms with Crippen LogP contribution < -0.4 is 11.1 Å². The molecule has 1 aliphatic rings. The minimum atomic E-state index is -0.833. The second-order valence-electron chi connectivity index (χ2n) is 3.88. The molecule has 1 rings (SSSR count). The van der Waals surface area contributed by atoms with E-state index in [0.717, 1.165) is 0 Å². The van der Waals surface area contributed by atoms with Crippen LogP contribution in [0.4, 0.5) is 0 Å². The van der Waals surface area contributed by atoms with E-state index in [1.54, 1.807) is 0 Å². The van der Waals surface area contributed by atoms with Crippen LogP contribution in [-0.4, -0.2) is 40.3 Å². The van der Waals surface area contributed by atoms with Crippen molar-refractivity contribution >= 4 is 17.5 Å². The highest BCUT2D eigenvalue weighted by Crippen LogP contribution is 2.18. The molecule has 0 aromatic heterocycles. The molecule has 0 saturated heterocycles. The van der Waals surface area contributed by atoms with Crippen molar-refractivity contribution in [2.24, 2.45) is 5.73 Å². The monoisotopic (exact) mass is 254 g/mol. The number of amides is 1. The number of allylic oxidation sites excluding steroid dienone is 2. The number of aliphatic hydroxyl groups is 2. The molecule has 0 bridgehead atoms. The number of carbonyl (C=O) groups excluding carboxylic acids is 3. The lowest BCUT2D eigenvalue weighted by atomic mass is 9.97. The van der Waals surface area contributed by atoms with Crippen LogP contribution >= 0.6 is 0 Å². The van der Waals surface area contributed by atoms with E-state index in [4.69, 9.17) is 5.73 Å². The Balaban J connectivity index is 2.66. The molecule has 5 N–H and O–H groups in total. The Bertz CT molecular complexity index is 462. The van der Waals surface area contributed by atoms with Crippen LogP contribution in [0.2, 0.25) is 0 Å². The summed E-state index contributed by atoms with van der Waals surface area (Å²) in [6.45, 7) is 1.53. The van der Waals surface area contributed by atoms with Crippen molar-refractivity contribution in [1.29, 1.82) is 0 Å². The number of nitrogens with two attached hydrogens (primary N) is 1. The smallest absolute Gasteiger partial charge is 0.236 e. The maximum absolute atomic E-state index is 11.5. The molecule has 0 aliphatic heterocycles. The highest BCUT2D eigenvalue weighted by Gasteiger charge is 2.27. The zero-order chi connectivity index (χ0) is 13.9. The number of hydrogen-bond donors (Lipinski definition) is 4. The SMILES string of the molecule is C[C@H](N)C(=O)NCCC1=C(O)C(=O)C=C(O)C1=O. The highest BCUT2D eigenvalue weighted by atomic mass is 16.3. The van der Waals surface area contributed by atoms with Crippen LogP contribution in [-0.2, 0) is 14.4 Å². The van der Waals surface area contributed by atoms with Crippen molar-refractivity contribution in [2.45, 2.75) is 19.4 Å². The molecule has 7 heteroatoms. The average Bonchev–Trinajstić information content (AvgIpc) is 2.30. The van der Waals surface area contributed by atoms with Gasteiger partial charge in [-0.25, -0.2) is 0 Å². The fourth-order valence-corrected chi connectivity index (χ4v) is 1.37. The minimum Gasteiger partial charge on any atom is -0.504 e. The van der Waals surface area contributed by atoms with E-state index < -0.39 is 35.0 Å². The van der Waals surface area contributed by atoms with Gasteiger partial charge in [0.2, 0.25) is 17.5 Å². The molecule has 98 valence electrons. The van der Waals surface area contributed by atoms with Crippen LogP contribution in [0.1, 0.15) is 13.3 Å². The molecule has 18 heavy (non-hydrogen) atoms. The van der Waals surface area contributed by atoms with Crippen molar-refractivity contribution < 1.29 is 24.6 Å². The maximum Gasteiger partial charge on any atom is 0.236 e. The molecular formula is C11H14N2O5. The molecule has 0 aromatic carbocycles. The standard InChI is InChI=1S/C11H14N2O5/c1-5(12)11(18)13-3-2-6-9(16)7(14)4-8(15)10(6)17/h4-5,14,17H,2-3,12H2,1H3,(H,13,18)/t5-/m0/s1. The fourth-order valence-electron chi connectivity index (χ4n) is 1.37. The lowest BCUT2D eigenvalue weighted by Gasteiger charge is -2.13. The number of Topliss-reactive ketones (excluding diaryl/α,β-unsaturated/α-hetero) is 1. The van der Waals surface area contributed by atoms with Crippen LogP contribution in [0.3, 0.4) is 0 Å². The molecule has 0 radical (unpaired) electrons. The number of carbonyl (C=O) groups is 3. The van der Waals surface area contributed by atoms with Crippen molar-refractivity contribution in [2.75, 3.05) is 6.54 Å². The summed E-state index contributed by atoms with van der Waals surface area (Å²) in [5, 5.41) is 21.0. The molecule has 0 aromatic rings. The second-order valence-corrected chi connectivity index (χ2v) is 3.88. The molecule has 0 heterocycles. The third-order valence-corrected chi connectivity index (χ3v) is 2.38. The Morgan fingerprint density at radius 3 is 2.61 bits per heavy atom. The zero-order valence-corrected chi connectivity index (χ0v) is 9.77. The molecular weight excluding hydrogens is 240 g/mol. The molecule has 0 unspecified atom stereocenters. The van der Waals surface area contributed by atoms with Crippen molar-refractivity contribution in [3.63, 3.8) is 0 Å². The minimum absolute atomic E-state index is 0.0338. The topological polar surface area (TPSA) is 130 Å². The predicted molar refractivity (Wildman–Crippen MR) is 61.7 cm³/mol. The molecule has 0 spiro atoms. The zero-order valence-electron chi connectivity index (χ0n) is 9.77. The molecule has 1 atom stereocenters. The number of rotatable bonds is 4. The number of hydrogen-bond acceptors (Lipinski definition) is 6. The third kappa shape index (κ3) is 2.95. The van der Waals surface area contributed by atoms with Gasteiger partial charge < -0.3 is 21.3 Å². The Hall–Kier alpha value is -2.15. The van der Waals surface area contributed by atoms with Crippen LogP contribution in [0.5, 0.6) is 0 Å². The first kappa shape index (κ1) is 13.9. The predicted octanol–water partition coefficient (Wildman–Crippen LogP) is -0.754. The number of nitrogens with one attached hydrogen (secondary N) is 1. The molecule has 1 amide bonds.